The molecule has 0 saturated carbocycles. The van der Waals surface area contributed by atoms with Gasteiger partial charge in [-0.15, -0.1) is 0 Å². The molecule has 2 N–H and O–H groups in total. The van der Waals surface area contributed by atoms with Crippen molar-refractivity contribution in [2.45, 2.75) is 13.3 Å². The summed E-state index contributed by atoms with van der Waals surface area (Å²) in [6.45, 7) is 2.84. The maximum absolute atomic E-state index is 13.0. The van der Waals surface area contributed by atoms with Crippen molar-refractivity contribution in [1.82, 2.24) is 15.0 Å². The predicted molar refractivity (Wildman–Crippen MR) is 116 cm³/mol. The number of para-hydroxylation sites is 1. The van der Waals surface area contributed by atoms with Crippen LogP contribution in [-0.2, 0) is 0 Å². The van der Waals surface area contributed by atoms with Crippen LogP contribution in [-0.4, -0.2) is 27.4 Å². The van der Waals surface area contributed by atoms with Gasteiger partial charge < -0.3 is 10.6 Å². The van der Waals surface area contributed by atoms with E-state index in [9.17, 15) is 4.79 Å². The van der Waals surface area contributed by atoms with Gasteiger partial charge in [-0.3, -0.25) is 9.78 Å². The average Bonchev–Trinajstić information content (AvgIpc) is 2.78. The van der Waals surface area contributed by atoms with E-state index in [1.807, 2.05) is 60.7 Å². The topological polar surface area (TPSA) is 79.8 Å². The Morgan fingerprint density at radius 2 is 1.79 bits per heavy atom. The highest BCUT2D eigenvalue weighted by Gasteiger charge is 2.14. The van der Waals surface area contributed by atoms with Gasteiger partial charge in [-0.2, -0.15) is 0 Å². The van der Waals surface area contributed by atoms with Gasteiger partial charge in [0, 0.05) is 29.8 Å². The van der Waals surface area contributed by atoms with Crippen molar-refractivity contribution < 1.29 is 4.79 Å². The lowest BCUT2D eigenvalue weighted by Crippen LogP contribution is -2.16. The van der Waals surface area contributed by atoms with E-state index in [4.69, 9.17) is 0 Å². The zero-order valence-electron chi connectivity index (χ0n) is 16.1. The lowest BCUT2D eigenvalue weighted by molar-refractivity contribution is 0.102. The summed E-state index contributed by atoms with van der Waals surface area (Å²) >= 11 is 0. The summed E-state index contributed by atoms with van der Waals surface area (Å²) < 4.78 is 0. The van der Waals surface area contributed by atoms with E-state index in [1.54, 1.807) is 12.3 Å². The molecule has 2 aromatic heterocycles. The van der Waals surface area contributed by atoms with Crippen molar-refractivity contribution in [1.29, 1.82) is 0 Å². The maximum atomic E-state index is 13.0. The highest BCUT2D eigenvalue weighted by Crippen LogP contribution is 2.22. The Bertz CT molecular complexity index is 1140. The molecule has 0 spiro atoms. The number of carbonyl (C=O) groups is 1. The first-order valence-corrected chi connectivity index (χ1v) is 9.58. The van der Waals surface area contributed by atoms with Crippen molar-refractivity contribution in [2.24, 2.45) is 0 Å². The average molecular weight is 383 g/mol. The van der Waals surface area contributed by atoms with E-state index in [0.29, 0.717) is 23.0 Å². The van der Waals surface area contributed by atoms with Crippen LogP contribution in [0.1, 0.15) is 23.8 Å². The number of amides is 1. The number of anilines is 2. The molecule has 29 heavy (non-hydrogen) atoms. The Balaban J connectivity index is 1.70. The maximum Gasteiger partial charge on any atom is 0.274 e. The predicted octanol–water partition coefficient (Wildman–Crippen LogP) is 4.77. The number of rotatable bonds is 6. The minimum atomic E-state index is -0.303. The molecule has 0 radical (unpaired) electrons. The van der Waals surface area contributed by atoms with Crippen LogP contribution >= 0.6 is 0 Å². The molecule has 0 unspecified atom stereocenters. The molecule has 6 heteroatoms. The van der Waals surface area contributed by atoms with Crippen LogP contribution < -0.4 is 10.6 Å². The van der Waals surface area contributed by atoms with Crippen LogP contribution in [0.3, 0.4) is 0 Å². The molecule has 2 heterocycles. The Kier molecular flexibility index (Phi) is 5.42. The van der Waals surface area contributed by atoms with Gasteiger partial charge in [-0.05, 0) is 18.6 Å². The first-order valence-electron chi connectivity index (χ1n) is 9.58. The van der Waals surface area contributed by atoms with Crippen LogP contribution in [0.15, 0.2) is 72.9 Å². The van der Waals surface area contributed by atoms with Crippen LogP contribution in [0.4, 0.5) is 11.5 Å². The first-order chi connectivity index (χ1) is 14.2. The number of fused-ring (bicyclic) bond motifs is 1. The van der Waals surface area contributed by atoms with Gasteiger partial charge in [0.2, 0.25) is 0 Å². The zero-order chi connectivity index (χ0) is 20.1. The van der Waals surface area contributed by atoms with Crippen LogP contribution in [0.2, 0.25) is 0 Å². The second kappa shape index (κ2) is 8.48. The summed E-state index contributed by atoms with van der Waals surface area (Å²) in [5.41, 5.74) is 2.54. The third kappa shape index (κ3) is 4.21. The number of hydrogen-bond acceptors (Lipinski definition) is 5. The third-order valence-electron chi connectivity index (χ3n) is 4.43. The van der Waals surface area contributed by atoms with Crippen LogP contribution in [0.5, 0.6) is 0 Å². The molecule has 0 aliphatic heterocycles. The van der Waals surface area contributed by atoms with Crippen LogP contribution in [0, 0.1) is 0 Å². The van der Waals surface area contributed by atoms with E-state index in [-0.39, 0.29) is 5.91 Å². The monoisotopic (exact) mass is 383 g/mol. The number of benzene rings is 2. The van der Waals surface area contributed by atoms with Gasteiger partial charge in [-0.1, -0.05) is 55.5 Å². The standard InChI is InChI=1S/C23H21N5O/c1-2-13-24-20-15-19(26-22(28-20)17-8-4-3-5-9-17)23(29)27-18-12-6-10-16-11-7-14-25-21(16)18/h3-12,14-15H,2,13H2,1H3,(H,27,29)(H,24,26,28). The van der Waals surface area contributed by atoms with E-state index in [2.05, 4.69) is 32.5 Å². The highest BCUT2D eigenvalue weighted by molar-refractivity contribution is 6.07. The molecule has 0 aliphatic rings. The summed E-state index contributed by atoms with van der Waals surface area (Å²) in [6.07, 6.45) is 2.66. The molecule has 2 aromatic carbocycles. The van der Waals surface area contributed by atoms with Crippen molar-refractivity contribution in [2.75, 3.05) is 17.2 Å². The largest absolute Gasteiger partial charge is 0.370 e. The normalized spacial score (nSPS) is 10.7. The number of carbonyl (C=O) groups excluding carboxylic acids is 1. The molecule has 0 saturated heterocycles. The van der Waals surface area contributed by atoms with E-state index in [0.717, 1.165) is 29.4 Å². The second-order valence-electron chi connectivity index (χ2n) is 6.59. The lowest BCUT2D eigenvalue weighted by atomic mass is 10.2. The van der Waals surface area contributed by atoms with Crippen molar-refractivity contribution in [3.8, 4) is 11.4 Å². The quantitative estimate of drug-likeness (QED) is 0.501. The van der Waals surface area contributed by atoms with Crippen LogP contribution in [0.25, 0.3) is 22.3 Å². The Morgan fingerprint density at radius 1 is 0.966 bits per heavy atom. The number of nitrogens with one attached hydrogen (secondary N) is 2. The van der Waals surface area contributed by atoms with Gasteiger partial charge in [0.1, 0.15) is 11.5 Å². The number of hydrogen-bond donors (Lipinski definition) is 2. The van der Waals surface area contributed by atoms with E-state index in [1.165, 1.54) is 0 Å². The molecule has 0 bridgehead atoms. The Morgan fingerprint density at radius 3 is 2.62 bits per heavy atom. The molecule has 144 valence electrons. The molecular formula is C23H21N5O. The van der Waals surface area contributed by atoms with Crippen molar-refractivity contribution >= 4 is 28.3 Å². The molecular weight excluding hydrogens is 362 g/mol. The minimum absolute atomic E-state index is 0.297. The number of aromatic nitrogens is 3. The fourth-order valence-electron chi connectivity index (χ4n) is 3.01. The molecule has 6 nitrogen and oxygen atoms in total. The zero-order valence-corrected chi connectivity index (χ0v) is 16.1. The fourth-order valence-corrected chi connectivity index (χ4v) is 3.01. The lowest BCUT2D eigenvalue weighted by Gasteiger charge is -2.11. The molecule has 0 aliphatic carbocycles. The summed E-state index contributed by atoms with van der Waals surface area (Å²) in [4.78, 5) is 26.5. The summed E-state index contributed by atoms with van der Waals surface area (Å²) in [6, 6.07) is 20.8. The Labute approximate surface area is 169 Å². The Hall–Kier alpha value is -3.80. The number of pyridine rings is 1. The fraction of sp³-hybridized carbons (Fsp3) is 0.130. The first kappa shape index (κ1) is 18.6. The molecule has 0 fully saturated rings. The highest BCUT2D eigenvalue weighted by atomic mass is 16.1. The summed E-state index contributed by atoms with van der Waals surface area (Å²) in [7, 11) is 0. The smallest absolute Gasteiger partial charge is 0.274 e. The van der Waals surface area contributed by atoms with E-state index < -0.39 is 0 Å². The third-order valence-corrected chi connectivity index (χ3v) is 4.43. The SMILES string of the molecule is CCCNc1cc(C(=O)Nc2cccc3cccnc23)nc(-c2ccccc2)n1. The molecule has 4 aromatic rings. The van der Waals surface area contributed by atoms with Crippen molar-refractivity contribution in [3.05, 3.63) is 78.6 Å². The molecule has 0 atom stereocenters. The summed E-state index contributed by atoms with van der Waals surface area (Å²) in [5, 5.41) is 7.15. The minimum Gasteiger partial charge on any atom is -0.370 e. The molecule has 4 rings (SSSR count). The van der Waals surface area contributed by atoms with Gasteiger partial charge >= 0.3 is 0 Å². The van der Waals surface area contributed by atoms with Gasteiger partial charge in [0.15, 0.2) is 5.82 Å². The van der Waals surface area contributed by atoms with Crippen molar-refractivity contribution in [3.63, 3.8) is 0 Å². The number of nitrogens with zero attached hydrogens (tertiary/aromatic N) is 3. The van der Waals surface area contributed by atoms with E-state index >= 15 is 0 Å². The second-order valence-corrected chi connectivity index (χ2v) is 6.59. The van der Waals surface area contributed by atoms with Gasteiger partial charge in [0.05, 0.1) is 11.2 Å². The van der Waals surface area contributed by atoms with Gasteiger partial charge in [0.25, 0.3) is 5.91 Å². The van der Waals surface area contributed by atoms with Gasteiger partial charge in [-0.25, -0.2) is 9.97 Å². The summed E-state index contributed by atoms with van der Waals surface area (Å²) in [5.74, 6) is 0.831. The molecule has 1 amide bonds.